The van der Waals surface area contributed by atoms with Crippen molar-refractivity contribution in [3.8, 4) is 0 Å². The first-order chi connectivity index (χ1) is 9.89. The number of rotatable bonds is 5. The Morgan fingerprint density at radius 1 is 0.773 bits per heavy atom. The maximum atomic E-state index is 11.2. The predicted octanol–water partition coefficient (Wildman–Crippen LogP) is 6.31. The van der Waals surface area contributed by atoms with E-state index in [0.717, 1.165) is 5.92 Å². The summed E-state index contributed by atoms with van der Waals surface area (Å²) in [5.74, 6) is 0.833. The molecule has 0 aromatic carbocycles. The van der Waals surface area contributed by atoms with Crippen molar-refractivity contribution in [3.05, 3.63) is 0 Å². The van der Waals surface area contributed by atoms with Gasteiger partial charge < -0.3 is 13.9 Å². The molecule has 0 aromatic heterocycles. The number of hydrogen-bond donors (Lipinski definition) is 0. The zero-order chi connectivity index (χ0) is 18.8. The lowest BCUT2D eigenvalue weighted by molar-refractivity contribution is -0.212. The lowest BCUT2D eigenvalue weighted by Gasteiger charge is -2.30. The Bertz CT molecular complexity index is 213. The number of unbranched alkanes of at least 4 members (excludes halogenated alkanes) is 1. The topological polar surface area (TPSA) is 41.5 Å². The fourth-order valence-corrected chi connectivity index (χ4v) is 2.66. The lowest BCUT2D eigenvalue weighted by atomic mass is 10.3. The Kier molecular flexibility index (Phi) is 29.8. The molecule has 0 aliphatic rings. The summed E-state index contributed by atoms with van der Waals surface area (Å²) in [6.07, 6.45) is 3.58. The van der Waals surface area contributed by atoms with Crippen LogP contribution in [0.25, 0.3) is 0 Å². The van der Waals surface area contributed by atoms with E-state index < -0.39 is 6.72 Å². The molecule has 0 unspecified atom stereocenters. The normalized spacial score (nSPS) is 10.3. The highest BCUT2D eigenvalue weighted by Crippen LogP contribution is 2.41. The van der Waals surface area contributed by atoms with Gasteiger partial charge in [0.05, 0.1) is 12.2 Å². The Labute approximate surface area is 146 Å². The molecule has 0 amide bonds. The molecule has 0 heterocycles. The summed E-state index contributed by atoms with van der Waals surface area (Å²) in [4.78, 5) is 11.2. The Morgan fingerprint density at radius 2 is 0.955 bits per heavy atom. The van der Waals surface area contributed by atoms with Crippen molar-refractivity contribution in [1.82, 2.24) is 0 Å². The van der Waals surface area contributed by atoms with Crippen LogP contribution in [0.3, 0.4) is 0 Å². The SMILES string of the molecule is CC(C)C.CC(C)OP([O-])(=S)OC(C)C.CCC.CCCC. The fourth-order valence-electron chi connectivity index (χ4n) is 0.541. The Balaban J connectivity index is -0.000000121. The van der Waals surface area contributed by atoms with Gasteiger partial charge in [0.2, 0.25) is 0 Å². The molecule has 0 bridgehead atoms. The molecule has 0 fully saturated rings. The molecule has 0 atom stereocenters. The molecular weight excluding hydrogens is 315 g/mol. The highest BCUT2D eigenvalue weighted by atomic mass is 32.5. The summed E-state index contributed by atoms with van der Waals surface area (Å²) >= 11 is 4.61. The van der Waals surface area contributed by atoms with Gasteiger partial charge in [-0.3, -0.25) is 0 Å². The van der Waals surface area contributed by atoms with Crippen LogP contribution in [-0.2, 0) is 20.9 Å². The summed E-state index contributed by atoms with van der Waals surface area (Å²) in [5.41, 5.74) is 0. The second-order valence-corrected chi connectivity index (χ2v) is 8.85. The first-order valence-corrected chi connectivity index (χ1v) is 11.1. The van der Waals surface area contributed by atoms with Gasteiger partial charge in [0.25, 0.3) is 0 Å². The van der Waals surface area contributed by atoms with Crippen LogP contribution in [0.4, 0.5) is 0 Å². The van der Waals surface area contributed by atoms with Gasteiger partial charge in [0.1, 0.15) is 6.72 Å². The molecule has 0 radical (unpaired) electrons. The molecule has 0 aliphatic heterocycles. The molecule has 0 N–H and O–H groups in total. The van der Waals surface area contributed by atoms with Crippen molar-refractivity contribution in [2.45, 2.75) is 108 Å². The minimum absolute atomic E-state index is 0.155. The van der Waals surface area contributed by atoms with Gasteiger partial charge in [0.15, 0.2) is 0 Å². The third-order valence-corrected chi connectivity index (χ3v) is 3.06. The van der Waals surface area contributed by atoms with Crippen LogP contribution in [0.15, 0.2) is 0 Å². The van der Waals surface area contributed by atoms with Crippen molar-refractivity contribution in [2.24, 2.45) is 5.92 Å². The monoisotopic (exact) mass is 357 g/mol. The first-order valence-electron chi connectivity index (χ1n) is 8.57. The first kappa shape index (κ1) is 30.4. The molecule has 22 heavy (non-hydrogen) atoms. The third-order valence-electron chi connectivity index (χ3n) is 1.18. The van der Waals surface area contributed by atoms with E-state index in [0.29, 0.717) is 0 Å². The van der Waals surface area contributed by atoms with Crippen molar-refractivity contribution < 1.29 is 13.9 Å². The van der Waals surface area contributed by atoms with E-state index >= 15 is 0 Å². The molecular formula is C17H42O3PS-. The smallest absolute Gasteiger partial charge is 0.116 e. The maximum Gasteiger partial charge on any atom is 0.116 e. The Morgan fingerprint density at radius 3 is 1.05 bits per heavy atom. The largest absolute Gasteiger partial charge is 0.780 e. The van der Waals surface area contributed by atoms with Gasteiger partial charge in [0, 0.05) is 0 Å². The van der Waals surface area contributed by atoms with E-state index in [2.05, 4.69) is 60.3 Å². The molecule has 0 aliphatic carbocycles. The molecule has 0 saturated heterocycles. The zero-order valence-corrected chi connectivity index (χ0v) is 18.6. The fraction of sp³-hybridized carbons (Fsp3) is 1.00. The standard InChI is InChI=1S/C6H15O3PS.2C4H10.C3H8/c1-5(2)8-10(7,11)9-6(3)4;1-4(2)3;1-3-4-2;1-3-2/h5-6H,1-4H3,(H,7,11);4H,1-3H3;3-4H2,1-2H3;3H2,1-2H3/p-1. The van der Waals surface area contributed by atoms with Crippen LogP contribution < -0.4 is 4.89 Å². The van der Waals surface area contributed by atoms with Gasteiger partial charge in [-0.05, 0) is 33.6 Å². The average molecular weight is 358 g/mol. The van der Waals surface area contributed by atoms with Crippen molar-refractivity contribution in [3.63, 3.8) is 0 Å². The Hall–Kier alpha value is 0.530. The van der Waals surface area contributed by atoms with Gasteiger partial charge in [-0.1, -0.05) is 79.5 Å². The van der Waals surface area contributed by atoms with Crippen LogP contribution in [0.1, 0.15) is 95.4 Å². The molecule has 0 rings (SSSR count). The minimum Gasteiger partial charge on any atom is -0.780 e. The second kappa shape index (κ2) is 21.5. The summed E-state index contributed by atoms with van der Waals surface area (Å²) in [7, 11) is 0. The van der Waals surface area contributed by atoms with E-state index in [9.17, 15) is 4.89 Å². The van der Waals surface area contributed by atoms with E-state index in [1.165, 1.54) is 19.3 Å². The van der Waals surface area contributed by atoms with E-state index in [4.69, 9.17) is 9.05 Å². The van der Waals surface area contributed by atoms with Crippen LogP contribution in [0.5, 0.6) is 0 Å². The maximum absolute atomic E-state index is 11.2. The van der Waals surface area contributed by atoms with Crippen LogP contribution in [0.2, 0.25) is 0 Å². The predicted molar refractivity (Wildman–Crippen MR) is 104 cm³/mol. The second-order valence-electron chi connectivity index (χ2n) is 6.19. The molecule has 0 saturated carbocycles. The summed E-state index contributed by atoms with van der Waals surface area (Å²) in [5, 5.41) is 0. The minimum atomic E-state index is -3.22. The summed E-state index contributed by atoms with van der Waals surface area (Å²) in [6, 6.07) is 0. The highest BCUT2D eigenvalue weighted by molar-refractivity contribution is 8.06. The van der Waals surface area contributed by atoms with Crippen molar-refractivity contribution >= 4 is 18.5 Å². The molecule has 5 heteroatoms. The van der Waals surface area contributed by atoms with Gasteiger partial charge >= 0.3 is 0 Å². The van der Waals surface area contributed by atoms with Crippen molar-refractivity contribution in [1.29, 1.82) is 0 Å². The van der Waals surface area contributed by atoms with E-state index in [1.54, 1.807) is 27.7 Å². The highest BCUT2D eigenvalue weighted by Gasteiger charge is 2.07. The molecule has 3 nitrogen and oxygen atoms in total. The summed E-state index contributed by atoms with van der Waals surface area (Å²) < 4.78 is 9.79. The lowest BCUT2D eigenvalue weighted by Crippen LogP contribution is -2.15. The van der Waals surface area contributed by atoms with Crippen LogP contribution >= 0.6 is 6.72 Å². The van der Waals surface area contributed by atoms with Crippen LogP contribution in [0, 0.1) is 5.92 Å². The molecule has 0 aromatic rings. The third kappa shape index (κ3) is 58.9. The van der Waals surface area contributed by atoms with E-state index in [1.807, 2.05) is 0 Å². The quantitative estimate of drug-likeness (QED) is 0.541. The van der Waals surface area contributed by atoms with Gasteiger partial charge in [-0.25, -0.2) is 0 Å². The zero-order valence-electron chi connectivity index (χ0n) is 16.9. The van der Waals surface area contributed by atoms with E-state index in [-0.39, 0.29) is 12.2 Å². The average Bonchev–Trinajstić information content (AvgIpc) is 2.25. The van der Waals surface area contributed by atoms with Gasteiger partial charge in [-0.2, -0.15) is 0 Å². The van der Waals surface area contributed by atoms with Crippen molar-refractivity contribution in [2.75, 3.05) is 0 Å². The van der Waals surface area contributed by atoms with Gasteiger partial charge in [-0.15, -0.1) is 0 Å². The molecule has 0 spiro atoms. The number of hydrogen-bond acceptors (Lipinski definition) is 4. The summed E-state index contributed by atoms with van der Waals surface area (Å²) in [6.45, 7) is 19.0. The van der Waals surface area contributed by atoms with Crippen LogP contribution in [-0.4, -0.2) is 12.2 Å². The molecule has 140 valence electrons.